The molecule has 0 heterocycles. The molecule has 0 saturated carbocycles. The smallest absolute Gasteiger partial charge is 0.0979 e. The summed E-state index contributed by atoms with van der Waals surface area (Å²) < 4.78 is 0. The van der Waals surface area contributed by atoms with Crippen molar-refractivity contribution in [2.75, 3.05) is 0 Å². The maximum absolute atomic E-state index is 5.41. The number of hydrogen-bond acceptors (Lipinski definition) is 2. The summed E-state index contributed by atoms with van der Waals surface area (Å²) in [6.07, 6.45) is 3.84. The minimum atomic E-state index is 0. The second-order valence-corrected chi connectivity index (χ2v) is 8.89. The molecular formula is C33H35N2Ni-. The van der Waals surface area contributed by atoms with E-state index in [0.717, 1.165) is 48.5 Å². The summed E-state index contributed by atoms with van der Waals surface area (Å²) in [7, 11) is 0. The number of nitrogens with zero attached hydrogens (tertiary/aromatic N) is 2. The van der Waals surface area contributed by atoms with E-state index in [2.05, 4.69) is 100 Å². The van der Waals surface area contributed by atoms with Crippen LogP contribution < -0.4 is 0 Å². The van der Waals surface area contributed by atoms with Gasteiger partial charge in [0, 0.05) is 33.0 Å². The molecule has 0 radical (unpaired) electrons. The maximum atomic E-state index is 5.41. The third kappa shape index (κ3) is 4.70. The van der Waals surface area contributed by atoms with E-state index >= 15 is 0 Å². The van der Waals surface area contributed by atoms with E-state index in [9.17, 15) is 0 Å². The van der Waals surface area contributed by atoms with Gasteiger partial charge >= 0.3 is 0 Å². The van der Waals surface area contributed by atoms with Crippen LogP contribution in [0.2, 0.25) is 0 Å². The first-order valence-corrected chi connectivity index (χ1v) is 12.6. The van der Waals surface area contributed by atoms with Gasteiger partial charge in [-0.2, -0.15) is 0 Å². The molecule has 0 N–H and O–H groups in total. The molecule has 4 aromatic carbocycles. The summed E-state index contributed by atoms with van der Waals surface area (Å²) in [5.41, 5.74) is 11.7. The average Bonchev–Trinajstić information content (AvgIpc) is 3.18. The normalized spacial score (nSPS) is 14.2. The van der Waals surface area contributed by atoms with E-state index in [1.807, 2.05) is 0 Å². The van der Waals surface area contributed by atoms with Crippen molar-refractivity contribution in [3.8, 4) is 0 Å². The number of hydrogen-bond donors (Lipinski definition) is 0. The van der Waals surface area contributed by atoms with Crippen molar-refractivity contribution < 1.29 is 16.5 Å². The van der Waals surface area contributed by atoms with Crippen LogP contribution in [0.5, 0.6) is 0 Å². The van der Waals surface area contributed by atoms with Crippen LogP contribution in [0.25, 0.3) is 10.8 Å². The van der Waals surface area contributed by atoms with Crippen LogP contribution in [0.1, 0.15) is 61.1 Å². The van der Waals surface area contributed by atoms with Gasteiger partial charge in [-0.3, -0.25) is 0 Å². The van der Waals surface area contributed by atoms with Crippen LogP contribution in [0.3, 0.4) is 0 Å². The fraction of sp³-hybridized carbons (Fsp3) is 0.242. The summed E-state index contributed by atoms with van der Waals surface area (Å²) >= 11 is 0. The quantitative estimate of drug-likeness (QED) is 0.180. The van der Waals surface area contributed by atoms with Gasteiger partial charge in [-0.25, -0.2) is 9.98 Å². The number of aliphatic imine (C=N–C) groups is 2. The molecule has 0 bridgehead atoms. The molecule has 0 atom stereocenters. The standard InChI is InChI=1S/C32H32N2.CH3.Ni/c1-5-21-13-9-14-22(6-2)29(21)33-31-26-19-11-17-25-18-12-20-27(28(25)26)32(31)34-30-23(7-3)15-10-16-24(30)8-4;;/h9-20H,5-8H2,1-4H3;1H3;/q;-1;. The third-order valence-corrected chi connectivity index (χ3v) is 7.02. The Balaban J connectivity index is 0.00000180. The van der Waals surface area contributed by atoms with Crippen molar-refractivity contribution in [1.82, 2.24) is 0 Å². The molecule has 0 unspecified atom stereocenters. The minimum Gasteiger partial charge on any atom is -0.358 e. The monoisotopic (exact) mass is 517 g/mol. The first kappa shape index (κ1) is 27.6. The Hall–Kier alpha value is -3.03. The SMILES string of the molecule is CCc1cccc(CC)c1N=C1C(=Nc2c(CC)cccc2CC)c2cccc3cccc1c23.[CH3-].[Ni]. The summed E-state index contributed by atoms with van der Waals surface area (Å²) in [4.78, 5) is 10.8. The molecule has 0 fully saturated rings. The van der Waals surface area contributed by atoms with E-state index in [0.29, 0.717) is 0 Å². The van der Waals surface area contributed by atoms with Crippen molar-refractivity contribution >= 4 is 33.6 Å². The van der Waals surface area contributed by atoms with Gasteiger partial charge in [0.2, 0.25) is 0 Å². The Labute approximate surface area is 226 Å². The van der Waals surface area contributed by atoms with Crippen molar-refractivity contribution in [1.29, 1.82) is 0 Å². The summed E-state index contributed by atoms with van der Waals surface area (Å²) in [5, 5.41) is 2.51. The summed E-state index contributed by atoms with van der Waals surface area (Å²) in [6, 6.07) is 26.2. The Bertz CT molecular complexity index is 1300. The van der Waals surface area contributed by atoms with Gasteiger partial charge in [0.05, 0.1) is 22.8 Å². The largest absolute Gasteiger partial charge is 0.358 e. The van der Waals surface area contributed by atoms with Crippen molar-refractivity contribution in [2.45, 2.75) is 53.4 Å². The number of benzene rings is 4. The second-order valence-electron chi connectivity index (χ2n) is 8.89. The van der Waals surface area contributed by atoms with Gasteiger partial charge in [0.1, 0.15) is 0 Å². The molecular weight excluding hydrogens is 483 g/mol. The van der Waals surface area contributed by atoms with Gasteiger partial charge < -0.3 is 7.43 Å². The van der Waals surface area contributed by atoms with E-state index in [1.54, 1.807) is 0 Å². The van der Waals surface area contributed by atoms with E-state index in [4.69, 9.17) is 9.98 Å². The Morgan fingerprint density at radius 2 is 0.833 bits per heavy atom. The first-order valence-electron chi connectivity index (χ1n) is 12.6. The third-order valence-electron chi connectivity index (χ3n) is 7.02. The van der Waals surface area contributed by atoms with Crippen molar-refractivity contribution in [3.05, 3.63) is 114 Å². The topological polar surface area (TPSA) is 24.7 Å². The molecule has 188 valence electrons. The molecule has 5 rings (SSSR count). The molecule has 0 aromatic heterocycles. The number of aryl methyl sites for hydroxylation is 4. The number of rotatable bonds is 6. The van der Waals surface area contributed by atoms with E-state index in [1.165, 1.54) is 44.2 Å². The zero-order chi connectivity index (χ0) is 23.7. The predicted molar refractivity (Wildman–Crippen MR) is 153 cm³/mol. The van der Waals surface area contributed by atoms with Crippen LogP contribution in [0.4, 0.5) is 11.4 Å². The molecule has 0 spiro atoms. The zero-order valence-corrected chi connectivity index (χ0v) is 23.0. The molecule has 1 aliphatic carbocycles. The van der Waals surface area contributed by atoms with Gasteiger partial charge in [0.15, 0.2) is 0 Å². The molecule has 0 saturated heterocycles. The van der Waals surface area contributed by atoms with Crippen LogP contribution >= 0.6 is 0 Å². The van der Waals surface area contributed by atoms with Gasteiger partial charge in [0.25, 0.3) is 0 Å². The van der Waals surface area contributed by atoms with Crippen molar-refractivity contribution in [3.63, 3.8) is 0 Å². The van der Waals surface area contributed by atoms with Crippen molar-refractivity contribution in [2.24, 2.45) is 9.98 Å². The van der Waals surface area contributed by atoms with E-state index in [-0.39, 0.29) is 23.9 Å². The molecule has 3 heteroatoms. The van der Waals surface area contributed by atoms with Crippen LogP contribution in [-0.2, 0) is 42.2 Å². The molecule has 0 aliphatic heterocycles. The van der Waals surface area contributed by atoms with Crippen LogP contribution in [-0.4, -0.2) is 11.4 Å². The molecule has 4 aromatic rings. The first-order chi connectivity index (χ1) is 16.7. The Kier molecular flexibility index (Phi) is 9.04. The van der Waals surface area contributed by atoms with Crippen LogP contribution in [0, 0.1) is 7.43 Å². The number of para-hydroxylation sites is 2. The van der Waals surface area contributed by atoms with E-state index < -0.39 is 0 Å². The molecule has 0 amide bonds. The van der Waals surface area contributed by atoms with Gasteiger partial charge in [-0.15, -0.1) is 0 Å². The second kappa shape index (κ2) is 11.8. The van der Waals surface area contributed by atoms with Crippen LogP contribution in [0.15, 0.2) is 82.8 Å². The summed E-state index contributed by atoms with van der Waals surface area (Å²) in [5.74, 6) is 0. The average molecular weight is 518 g/mol. The molecule has 36 heavy (non-hydrogen) atoms. The minimum absolute atomic E-state index is 0. The fourth-order valence-electron chi connectivity index (χ4n) is 5.16. The summed E-state index contributed by atoms with van der Waals surface area (Å²) in [6.45, 7) is 8.84. The predicted octanol–water partition coefficient (Wildman–Crippen LogP) is 8.79. The van der Waals surface area contributed by atoms with Gasteiger partial charge in [-0.05, 0) is 53.3 Å². The zero-order valence-electron chi connectivity index (χ0n) is 22.0. The fourth-order valence-corrected chi connectivity index (χ4v) is 5.16. The maximum Gasteiger partial charge on any atom is 0.0979 e. The Morgan fingerprint density at radius 3 is 1.17 bits per heavy atom. The Morgan fingerprint density at radius 1 is 0.500 bits per heavy atom. The van der Waals surface area contributed by atoms with Gasteiger partial charge in [-0.1, -0.05) is 100 Å². The molecule has 1 aliphatic rings. The molecule has 2 nitrogen and oxygen atoms in total.